The Balaban J connectivity index is 2.39. The zero-order chi connectivity index (χ0) is 11.8. The molecule has 0 spiro atoms. The van der Waals surface area contributed by atoms with Gasteiger partial charge >= 0.3 is 0 Å². The molecule has 1 saturated heterocycles. The molecule has 1 fully saturated rings. The summed E-state index contributed by atoms with van der Waals surface area (Å²) < 4.78 is 0. The highest BCUT2D eigenvalue weighted by Gasteiger charge is 2.56. The number of likely N-dealkylation sites (tertiary alicyclic amines) is 1. The lowest BCUT2D eigenvalue weighted by Crippen LogP contribution is -2.48. The van der Waals surface area contributed by atoms with Gasteiger partial charge in [0.05, 0.1) is 12.5 Å². The molecular formula is C10H14N2O3S. The molecule has 1 aliphatic rings. The van der Waals surface area contributed by atoms with Gasteiger partial charge in [-0.3, -0.25) is 15.0 Å². The Bertz CT molecular complexity index is 381. The van der Waals surface area contributed by atoms with E-state index in [0.717, 1.165) is 4.88 Å². The predicted molar refractivity (Wildman–Crippen MR) is 61.4 cm³/mol. The van der Waals surface area contributed by atoms with Crippen molar-refractivity contribution in [3.63, 3.8) is 0 Å². The van der Waals surface area contributed by atoms with E-state index in [2.05, 4.69) is 0 Å². The predicted octanol–water partition coefficient (Wildman–Crippen LogP) is 0.785. The number of hydrogen-bond donors (Lipinski definition) is 1. The van der Waals surface area contributed by atoms with Crippen molar-refractivity contribution in [3.8, 4) is 0 Å². The molecule has 0 unspecified atom stereocenters. The number of hydrogen-bond acceptors (Lipinski definition) is 5. The maximum atomic E-state index is 11.2. The molecule has 16 heavy (non-hydrogen) atoms. The van der Waals surface area contributed by atoms with Gasteiger partial charge in [0.1, 0.15) is 6.61 Å². The van der Waals surface area contributed by atoms with Gasteiger partial charge in [-0.2, -0.15) is 0 Å². The van der Waals surface area contributed by atoms with Gasteiger partial charge in [0.2, 0.25) is 0 Å². The van der Waals surface area contributed by atoms with Gasteiger partial charge in [0, 0.05) is 16.3 Å². The minimum Gasteiger partial charge on any atom is -0.389 e. The molecule has 5 nitrogen and oxygen atoms in total. The second-order valence-corrected chi connectivity index (χ2v) is 5.26. The van der Waals surface area contributed by atoms with Gasteiger partial charge < -0.3 is 5.11 Å². The highest BCUT2D eigenvalue weighted by atomic mass is 32.1. The molecule has 88 valence electrons. The molecule has 2 rings (SSSR count). The van der Waals surface area contributed by atoms with Crippen LogP contribution >= 0.6 is 11.3 Å². The summed E-state index contributed by atoms with van der Waals surface area (Å²) in [4.78, 5) is 13.8. The van der Waals surface area contributed by atoms with Crippen LogP contribution in [0, 0.1) is 10.1 Å². The third-order valence-corrected chi connectivity index (χ3v) is 4.20. The van der Waals surface area contributed by atoms with Gasteiger partial charge in [-0.15, -0.1) is 11.3 Å². The molecule has 0 aromatic carbocycles. The molecule has 1 aliphatic heterocycles. The Morgan fingerprint density at radius 2 is 2.56 bits per heavy atom. The number of thiophene rings is 1. The fourth-order valence-electron chi connectivity index (χ4n) is 2.37. The van der Waals surface area contributed by atoms with Gasteiger partial charge in [-0.25, -0.2) is 0 Å². The van der Waals surface area contributed by atoms with Gasteiger partial charge in [0.25, 0.3) is 5.54 Å². The summed E-state index contributed by atoms with van der Waals surface area (Å²) in [7, 11) is 1.85. The van der Waals surface area contributed by atoms with Crippen molar-refractivity contribution in [1.29, 1.82) is 0 Å². The standard InChI is InChI=1S/C10H14N2O3S/c1-11-5-8(9-3-2-4-16-9)10(6-11,7-13)12(14)15/h2-4,8,13H,5-7H2,1H3/t8-,10-/m0/s1. The van der Waals surface area contributed by atoms with Crippen LogP contribution in [0.4, 0.5) is 0 Å². The molecular weight excluding hydrogens is 228 g/mol. The Morgan fingerprint density at radius 1 is 1.81 bits per heavy atom. The molecule has 0 aliphatic carbocycles. The minimum atomic E-state index is -1.24. The Hall–Kier alpha value is -0.980. The van der Waals surface area contributed by atoms with Crippen molar-refractivity contribution in [1.82, 2.24) is 4.90 Å². The second-order valence-electron chi connectivity index (χ2n) is 4.28. The first-order valence-electron chi connectivity index (χ1n) is 5.07. The molecule has 0 bridgehead atoms. The number of aliphatic hydroxyl groups is 1. The number of likely N-dealkylation sites (N-methyl/N-ethyl adjacent to an activating group) is 1. The molecule has 2 atom stereocenters. The van der Waals surface area contributed by atoms with E-state index in [4.69, 9.17) is 0 Å². The van der Waals surface area contributed by atoms with Crippen LogP contribution in [0.3, 0.4) is 0 Å². The molecule has 0 radical (unpaired) electrons. The van der Waals surface area contributed by atoms with Gasteiger partial charge in [-0.1, -0.05) is 6.07 Å². The fraction of sp³-hybridized carbons (Fsp3) is 0.600. The van der Waals surface area contributed by atoms with Crippen LogP contribution < -0.4 is 0 Å². The number of nitrogens with zero attached hydrogens (tertiary/aromatic N) is 2. The summed E-state index contributed by atoms with van der Waals surface area (Å²) in [6.45, 7) is 0.522. The van der Waals surface area contributed by atoms with E-state index in [1.165, 1.54) is 11.3 Å². The lowest BCUT2D eigenvalue weighted by Gasteiger charge is -2.23. The maximum absolute atomic E-state index is 11.2. The Kier molecular flexibility index (Phi) is 2.96. The molecule has 0 amide bonds. The zero-order valence-electron chi connectivity index (χ0n) is 9.00. The summed E-state index contributed by atoms with van der Waals surface area (Å²) in [6, 6.07) is 3.79. The number of aliphatic hydroxyl groups excluding tert-OH is 1. The van der Waals surface area contributed by atoms with Crippen molar-refractivity contribution >= 4 is 11.3 Å². The largest absolute Gasteiger partial charge is 0.389 e. The molecule has 2 heterocycles. The molecule has 1 aromatic heterocycles. The lowest BCUT2D eigenvalue weighted by atomic mass is 9.87. The van der Waals surface area contributed by atoms with E-state index >= 15 is 0 Å². The quantitative estimate of drug-likeness (QED) is 0.628. The van der Waals surface area contributed by atoms with E-state index in [-0.39, 0.29) is 10.8 Å². The first-order valence-corrected chi connectivity index (χ1v) is 5.95. The van der Waals surface area contributed by atoms with Crippen LogP contribution in [0.5, 0.6) is 0 Å². The summed E-state index contributed by atoms with van der Waals surface area (Å²) in [5, 5.41) is 22.6. The van der Waals surface area contributed by atoms with Crippen molar-refractivity contribution < 1.29 is 10.0 Å². The van der Waals surface area contributed by atoms with Crippen LogP contribution in [0.1, 0.15) is 10.8 Å². The van der Waals surface area contributed by atoms with Crippen molar-refractivity contribution in [2.45, 2.75) is 11.5 Å². The average Bonchev–Trinajstić information content (AvgIpc) is 2.83. The summed E-state index contributed by atoms with van der Waals surface area (Å²) in [5.74, 6) is -0.211. The van der Waals surface area contributed by atoms with E-state index in [1.54, 1.807) is 0 Å². The maximum Gasteiger partial charge on any atom is 0.265 e. The van der Waals surface area contributed by atoms with Crippen LogP contribution in [-0.2, 0) is 0 Å². The molecule has 0 saturated carbocycles. The summed E-state index contributed by atoms with van der Waals surface area (Å²) in [6.07, 6.45) is 0. The van der Waals surface area contributed by atoms with E-state index in [0.29, 0.717) is 13.1 Å². The third-order valence-electron chi connectivity index (χ3n) is 3.21. The van der Waals surface area contributed by atoms with E-state index < -0.39 is 12.1 Å². The average molecular weight is 242 g/mol. The minimum absolute atomic E-state index is 0.211. The monoisotopic (exact) mass is 242 g/mol. The van der Waals surface area contributed by atoms with Crippen LogP contribution in [-0.4, -0.2) is 47.2 Å². The van der Waals surface area contributed by atoms with Crippen molar-refractivity contribution in [2.24, 2.45) is 0 Å². The molecule has 1 aromatic rings. The summed E-state index contributed by atoms with van der Waals surface area (Å²) >= 11 is 1.52. The van der Waals surface area contributed by atoms with Crippen LogP contribution in [0.2, 0.25) is 0 Å². The highest BCUT2D eigenvalue weighted by Crippen LogP contribution is 2.39. The van der Waals surface area contributed by atoms with Crippen molar-refractivity contribution in [3.05, 3.63) is 32.5 Å². The van der Waals surface area contributed by atoms with Gasteiger partial charge in [0.15, 0.2) is 0 Å². The normalized spacial score (nSPS) is 30.8. The Morgan fingerprint density at radius 3 is 3.06 bits per heavy atom. The van der Waals surface area contributed by atoms with Crippen LogP contribution in [0.25, 0.3) is 0 Å². The third kappa shape index (κ3) is 1.63. The fourth-order valence-corrected chi connectivity index (χ4v) is 3.30. The smallest absolute Gasteiger partial charge is 0.265 e. The Labute approximate surface area is 97.5 Å². The zero-order valence-corrected chi connectivity index (χ0v) is 9.81. The molecule has 6 heteroatoms. The first-order chi connectivity index (χ1) is 7.60. The van der Waals surface area contributed by atoms with E-state index in [1.807, 2.05) is 29.5 Å². The van der Waals surface area contributed by atoms with Crippen molar-refractivity contribution in [2.75, 3.05) is 26.7 Å². The SMILES string of the molecule is CN1C[C@@H](c2cccs2)[C@](CO)([N+](=O)[O-])C1. The number of nitro groups is 1. The second kappa shape index (κ2) is 4.12. The lowest BCUT2D eigenvalue weighted by molar-refractivity contribution is -0.572. The first kappa shape index (κ1) is 11.5. The topological polar surface area (TPSA) is 66.6 Å². The van der Waals surface area contributed by atoms with E-state index in [9.17, 15) is 15.2 Å². The van der Waals surface area contributed by atoms with Crippen LogP contribution in [0.15, 0.2) is 17.5 Å². The van der Waals surface area contributed by atoms with Gasteiger partial charge in [-0.05, 0) is 18.5 Å². The number of rotatable bonds is 3. The highest BCUT2D eigenvalue weighted by molar-refractivity contribution is 7.10. The molecule has 1 N–H and O–H groups in total. The summed E-state index contributed by atoms with van der Waals surface area (Å²) in [5.41, 5.74) is -1.24.